The van der Waals surface area contributed by atoms with Gasteiger partial charge in [-0.25, -0.2) is 19.4 Å². The Morgan fingerprint density at radius 1 is 0.594 bits per heavy atom. The second-order valence-corrected chi connectivity index (χ2v) is 26.3. The quantitative estimate of drug-likeness (QED) is 0.0503. The second-order valence-electron chi connectivity index (χ2n) is 24.4. The van der Waals surface area contributed by atoms with Crippen molar-refractivity contribution in [3.63, 3.8) is 0 Å². The van der Waals surface area contributed by atoms with Crippen LogP contribution in [0.3, 0.4) is 0 Å². The molecule has 522 valence electrons. The molecule has 0 fully saturated rings. The highest BCUT2D eigenvalue weighted by Gasteiger charge is 2.48. The summed E-state index contributed by atoms with van der Waals surface area (Å²) in [5, 5.41) is 29.7. The van der Waals surface area contributed by atoms with Gasteiger partial charge in [0.05, 0.1) is 67.3 Å². The first-order valence-corrected chi connectivity index (χ1v) is 34.9. The number of hydrogen-bond donors (Lipinski definition) is 2. The topological polar surface area (TPSA) is 233 Å². The largest absolute Gasteiger partial charge is 0.507 e. The zero-order valence-electron chi connectivity index (χ0n) is 55.9. The number of rotatable bonds is 21. The number of methoxy groups -OCH3 is 4. The van der Waals surface area contributed by atoms with Crippen LogP contribution in [0, 0.1) is 0 Å². The first kappa shape index (κ1) is 70.4. The summed E-state index contributed by atoms with van der Waals surface area (Å²) in [7, 11) is 5.97. The lowest BCUT2D eigenvalue weighted by atomic mass is 9.94. The number of carbonyl (C=O) groups is 6. The third kappa shape index (κ3) is 14.6. The van der Waals surface area contributed by atoms with Crippen molar-refractivity contribution < 1.29 is 76.9 Å². The number of aromatic hydroxyl groups is 1. The fraction of sp³-hybridized carbons (Fsp3) is 0.273. The molecule has 0 bridgehead atoms. The van der Waals surface area contributed by atoms with E-state index in [9.17, 15) is 33.9 Å². The Morgan fingerprint density at radius 3 is 1.52 bits per heavy atom. The minimum Gasteiger partial charge on any atom is -0.507 e. The monoisotopic (exact) mass is 1420 g/mol. The summed E-state index contributed by atoms with van der Waals surface area (Å²) < 4.78 is 47.0. The summed E-state index contributed by atoms with van der Waals surface area (Å²) in [4.78, 5) is 88.9. The van der Waals surface area contributed by atoms with Crippen LogP contribution in [0.2, 0.25) is 0 Å². The van der Waals surface area contributed by atoms with Gasteiger partial charge in [0.15, 0.2) is 35.5 Å². The number of carboxylic acid groups (broad SMARTS) is 1. The van der Waals surface area contributed by atoms with E-state index >= 15 is 0 Å². The van der Waals surface area contributed by atoms with Gasteiger partial charge in [0.1, 0.15) is 32.2 Å². The summed E-state index contributed by atoms with van der Waals surface area (Å²) in [6.07, 6.45) is 4.75. The molecule has 6 aromatic carbocycles. The van der Waals surface area contributed by atoms with Gasteiger partial charge in [-0.2, -0.15) is 22.7 Å². The number of alkyl halides is 1. The van der Waals surface area contributed by atoms with Gasteiger partial charge in [0, 0.05) is 69.2 Å². The predicted molar refractivity (Wildman–Crippen MR) is 387 cm³/mol. The molecular weight excluding hydrogens is 1350 g/mol. The van der Waals surface area contributed by atoms with E-state index in [4.69, 9.17) is 54.6 Å². The van der Waals surface area contributed by atoms with Gasteiger partial charge < -0.3 is 62.8 Å². The number of anilines is 3. The Hall–Kier alpha value is -10.4. The highest BCUT2D eigenvalue weighted by atomic mass is 35.5. The van der Waals surface area contributed by atoms with Crippen LogP contribution in [0.1, 0.15) is 78.4 Å². The number of nitrogens with zero attached hydrogens (tertiary/aromatic N) is 5. The van der Waals surface area contributed by atoms with Crippen molar-refractivity contribution >= 4 is 109 Å². The Balaban J connectivity index is 0.000000200. The van der Waals surface area contributed by atoms with Crippen LogP contribution >= 0.6 is 34.3 Å². The maximum Gasteiger partial charge on any atom is 0.416 e. The van der Waals surface area contributed by atoms with Gasteiger partial charge >= 0.3 is 18.2 Å². The Labute approximate surface area is 596 Å². The van der Waals surface area contributed by atoms with Crippen molar-refractivity contribution in [2.45, 2.75) is 69.4 Å². The molecule has 5 amide bonds. The Bertz CT molecular complexity index is 4540. The van der Waals surface area contributed by atoms with E-state index in [1.807, 2.05) is 89.6 Å². The molecule has 2 N–H and O–H groups in total. The van der Waals surface area contributed by atoms with E-state index < -0.39 is 42.7 Å². The number of phenols is 1. The van der Waals surface area contributed by atoms with Crippen molar-refractivity contribution in [2.24, 2.45) is 0 Å². The predicted octanol–water partition coefficient (Wildman–Crippen LogP) is 13.9. The van der Waals surface area contributed by atoms with Crippen LogP contribution in [0.5, 0.6) is 28.7 Å². The van der Waals surface area contributed by atoms with Gasteiger partial charge in [-0.15, -0.1) is 11.6 Å². The highest BCUT2D eigenvalue weighted by Crippen LogP contribution is 2.48. The lowest BCUT2D eigenvalue weighted by Gasteiger charge is -2.40. The van der Waals surface area contributed by atoms with Crippen molar-refractivity contribution in [2.75, 3.05) is 81.9 Å². The number of carbonyl (C=O) groups excluding carboxylic acids is 5. The van der Waals surface area contributed by atoms with Gasteiger partial charge in [-0.1, -0.05) is 110 Å². The van der Waals surface area contributed by atoms with Gasteiger partial charge in [0.25, 0.3) is 11.8 Å². The summed E-state index contributed by atoms with van der Waals surface area (Å²) in [6, 6.07) is 33.3. The number of ether oxygens (including phenoxy) is 8. The summed E-state index contributed by atoms with van der Waals surface area (Å²) >= 11 is 9.60. The van der Waals surface area contributed by atoms with Crippen LogP contribution in [-0.4, -0.2) is 148 Å². The van der Waals surface area contributed by atoms with E-state index in [1.54, 1.807) is 85.9 Å². The number of halogens is 1. The van der Waals surface area contributed by atoms with Crippen molar-refractivity contribution in [1.82, 2.24) is 9.80 Å². The molecule has 2 unspecified atom stereocenters. The minimum absolute atomic E-state index is 0.0321. The third-order valence-corrected chi connectivity index (χ3v) is 20.1. The molecule has 2 aromatic heterocycles. The summed E-state index contributed by atoms with van der Waals surface area (Å²) in [6.45, 7) is 8.50. The molecule has 0 saturated carbocycles. The molecule has 7 heterocycles. The molecule has 0 aliphatic carbocycles. The van der Waals surface area contributed by atoms with Crippen LogP contribution in [-0.2, 0) is 54.6 Å². The second kappa shape index (κ2) is 31.4. The molecule has 0 radical (unpaired) electrons. The number of aliphatic carboxylic acids is 1. The van der Waals surface area contributed by atoms with Crippen molar-refractivity contribution in [3.8, 4) is 28.7 Å². The first-order chi connectivity index (χ1) is 49.1. The van der Waals surface area contributed by atoms with E-state index in [-0.39, 0.29) is 103 Å². The number of benzene rings is 6. The Morgan fingerprint density at radius 2 is 1.08 bits per heavy atom. The van der Waals surface area contributed by atoms with E-state index in [0.717, 1.165) is 55.3 Å². The maximum atomic E-state index is 14.4. The summed E-state index contributed by atoms with van der Waals surface area (Å²) in [5.74, 6) is -0.0704. The van der Waals surface area contributed by atoms with E-state index in [2.05, 4.69) is 23.9 Å². The fourth-order valence-corrected chi connectivity index (χ4v) is 15.3. The molecule has 5 atom stereocenters. The zero-order chi connectivity index (χ0) is 71.0. The molecule has 24 heteroatoms. The molecule has 5 aliphatic heterocycles. The SMILES string of the molecule is C=CCOC(=O)N1c2cc(OCc3cccc(CC(=O)N4C[C@@H](CCl)c5c4cc(O)c4ccccc54)c3)c(OC)cc2C(=O)N2CC=C(c3ccsc3)C[C@H]2C1OC.C=CCOC(=O)N1c2cc(OCc3cccc(CC(=O)O)c3)c(OC)cc2C(=O)N2CC=C(c3ccsc3)C[C@H]2C1OC. The number of carboxylic acids is 1. The van der Waals surface area contributed by atoms with Crippen LogP contribution in [0.4, 0.5) is 26.7 Å². The van der Waals surface area contributed by atoms with Gasteiger partial charge in [-0.05, 0) is 114 Å². The van der Waals surface area contributed by atoms with Gasteiger partial charge in [-0.3, -0.25) is 19.2 Å². The van der Waals surface area contributed by atoms with E-state index in [0.29, 0.717) is 61.1 Å². The minimum atomic E-state index is -0.930. The van der Waals surface area contributed by atoms with Crippen LogP contribution in [0.25, 0.3) is 21.9 Å². The normalized spacial score (nSPS) is 18.2. The number of hydrogen-bond acceptors (Lipinski definition) is 17. The highest BCUT2D eigenvalue weighted by molar-refractivity contribution is 7.08. The molecule has 0 spiro atoms. The maximum absolute atomic E-state index is 14.4. The Kier molecular flexibility index (Phi) is 21.9. The molecule has 13 rings (SSSR count). The number of phenolic OH excluding ortho intramolecular Hbond substituents is 1. The molecule has 0 saturated heterocycles. The summed E-state index contributed by atoms with van der Waals surface area (Å²) in [5.41, 5.74) is 9.83. The smallest absolute Gasteiger partial charge is 0.416 e. The number of fused-ring (bicyclic) bond motifs is 7. The van der Waals surface area contributed by atoms with Crippen LogP contribution in [0.15, 0.2) is 174 Å². The molecule has 101 heavy (non-hydrogen) atoms. The molecular formula is C77H74ClN5O16S2. The molecule has 5 aliphatic rings. The average molecular weight is 1430 g/mol. The zero-order valence-corrected chi connectivity index (χ0v) is 58.3. The first-order valence-electron chi connectivity index (χ1n) is 32.5. The van der Waals surface area contributed by atoms with Crippen molar-refractivity contribution in [3.05, 3.63) is 224 Å². The van der Waals surface area contributed by atoms with E-state index in [1.165, 1.54) is 50.4 Å². The standard InChI is InChI=1S/C45H42ClN3O8S.C32H32N2O8S/c1-4-15-56-45(53)49-35-22-40(39(54-2)20-34(35)43(52)47-14-12-29(30-13-16-58-26-30)19-37(47)44(49)55-3)57-25-28-9-7-8-27(17-28)18-41(51)48-24-31(23-46)42-33-11-6-5-10-32(33)38(50)21-36(42)48;1-4-11-41-32(38)34-25-17-28(42-18-21-7-5-6-20(13-21)14-29(35)36)27(39-2)16-24(25)30(37)33-10-8-22(23-9-12-43-19-23)15-26(33)31(34)40-3/h4-13,16-17,20-22,26,31,37,44,50H,1,14-15,18-19,23-25H2,2-3H3;4-9,12-13,16-17,19,26,31H,1,10-11,14-15,18H2,2-3H3,(H,35,36)/t31-,37+,44?;26-,31?/m10/s1. The number of thiophene rings is 2. The molecule has 8 aromatic rings. The lowest BCUT2D eigenvalue weighted by Crippen LogP contribution is -2.55. The van der Waals surface area contributed by atoms with Gasteiger partial charge in [0.2, 0.25) is 5.91 Å². The third-order valence-electron chi connectivity index (χ3n) is 18.4. The van der Waals surface area contributed by atoms with Crippen molar-refractivity contribution in [1.29, 1.82) is 0 Å². The number of amides is 5. The fourth-order valence-electron chi connectivity index (χ4n) is 13.7. The van der Waals surface area contributed by atoms with Crippen LogP contribution < -0.4 is 33.6 Å². The lowest BCUT2D eigenvalue weighted by molar-refractivity contribution is -0.136. The average Bonchev–Trinajstić information content (AvgIpc) is 1.64. The molecule has 21 nitrogen and oxygen atoms in total.